The minimum atomic E-state index is -0.806. The van der Waals surface area contributed by atoms with Crippen LogP contribution in [0.25, 0.3) is 5.69 Å². The Kier molecular flexibility index (Phi) is 5.55. The Morgan fingerprint density at radius 1 is 1.32 bits per heavy atom. The van der Waals surface area contributed by atoms with Gasteiger partial charge in [-0.2, -0.15) is 5.10 Å². The summed E-state index contributed by atoms with van der Waals surface area (Å²) in [7, 11) is 0. The zero-order chi connectivity index (χ0) is 22.3. The third-order valence-electron chi connectivity index (χ3n) is 5.00. The molecule has 3 aromatic rings. The zero-order valence-electron chi connectivity index (χ0n) is 16.8. The Morgan fingerprint density at radius 3 is 2.74 bits per heavy atom. The highest BCUT2D eigenvalue weighted by Gasteiger charge is 2.36. The van der Waals surface area contributed by atoms with Crippen molar-refractivity contribution in [3.8, 4) is 11.6 Å². The fourth-order valence-electron chi connectivity index (χ4n) is 3.55. The van der Waals surface area contributed by atoms with Crippen molar-refractivity contribution in [3.05, 3.63) is 77.6 Å². The van der Waals surface area contributed by atoms with Crippen LogP contribution >= 0.6 is 22.9 Å². The molecule has 8 nitrogen and oxygen atoms in total. The number of benzene rings is 1. The second-order valence-corrected chi connectivity index (χ2v) is 8.84. The fraction of sp³-hybridized carbons (Fsp3) is 0.238. The molecule has 1 unspecified atom stereocenters. The molecule has 1 aromatic carbocycles. The number of hydrogen-bond acceptors (Lipinski definition) is 6. The molecule has 0 bridgehead atoms. The number of halogens is 1. The molecule has 10 heteroatoms. The molecule has 0 saturated heterocycles. The number of hydrogen-bond donors (Lipinski definition) is 2. The first-order chi connectivity index (χ1) is 14.8. The van der Waals surface area contributed by atoms with E-state index in [4.69, 9.17) is 11.6 Å². The molecule has 1 atom stereocenters. The van der Waals surface area contributed by atoms with E-state index in [1.807, 2.05) is 19.1 Å². The monoisotopic (exact) mass is 458 g/mol. The van der Waals surface area contributed by atoms with Crippen molar-refractivity contribution in [3.63, 3.8) is 0 Å². The van der Waals surface area contributed by atoms with Gasteiger partial charge < -0.3 is 5.11 Å². The molecule has 1 amide bonds. The number of aryl methyl sites for hydroxylation is 1. The van der Waals surface area contributed by atoms with Gasteiger partial charge in [0.2, 0.25) is 11.8 Å². The maximum Gasteiger partial charge on any atom is 0.335 e. The molecule has 0 spiro atoms. The average Bonchev–Trinajstić information content (AvgIpc) is 3.33. The number of carbonyl (C=O) groups excluding carboxylic acids is 1. The molecule has 1 aliphatic heterocycles. The molecule has 3 heterocycles. The van der Waals surface area contributed by atoms with Crippen molar-refractivity contribution in [1.82, 2.24) is 14.6 Å². The number of rotatable bonds is 4. The second kappa shape index (κ2) is 8.16. The van der Waals surface area contributed by atoms with Gasteiger partial charge in [0, 0.05) is 27.6 Å². The number of thiophene rings is 1. The first-order valence-electron chi connectivity index (χ1n) is 9.60. The highest BCUT2D eigenvalue weighted by Crippen LogP contribution is 2.37. The molecule has 4 rings (SSSR count). The topological polar surface area (TPSA) is 108 Å². The van der Waals surface area contributed by atoms with E-state index in [1.54, 1.807) is 36.5 Å². The van der Waals surface area contributed by atoms with E-state index in [1.165, 1.54) is 11.1 Å². The molecule has 31 heavy (non-hydrogen) atoms. The standard InChI is InChI=1S/C21H19ClN4O4S/c1-3-17(27)26-15(16-8-7-11(2)31-16)10-14(24-26)18-19(28)23-21(30)25(20(18)29)13-6-4-5-12(22)9-13/h4-9,15,29H,3,10H2,1-2H3,(H,23,28,30). The lowest BCUT2D eigenvalue weighted by Crippen LogP contribution is -2.33. The number of nitrogens with zero attached hydrogens (tertiary/aromatic N) is 3. The number of hydrazone groups is 1. The first kappa shape index (κ1) is 21.1. The summed E-state index contributed by atoms with van der Waals surface area (Å²) in [5.74, 6) is -0.758. The molecule has 0 radical (unpaired) electrons. The zero-order valence-corrected chi connectivity index (χ0v) is 18.3. The predicted octanol–water partition coefficient (Wildman–Crippen LogP) is 3.34. The van der Waals surface area contributed by atoms with Gasteiger partial charge in [0.1, 0.15) is 5.56 Å². The number of aromatic nitrogens is 2. The van der Waals surface area contributed by atoms with Crippen LogP contribution in [-0.4, -0.2) is 31.3 Å². The summed E-state index contributed by atoms with van der Waals surface area (Å²) in [4.78, 5) is 41.9. The Balaban J connectivity index is 1.85. The van der Waals surface area contributed by atoms with Gasteiger partial charge >= 0.3 is 5.69 Å². The third-order valence-corrected chi connectivity index (χ3v) is 6.34. The molecule has 0 fully saturated rings. The molecule has 0 aliphatic carbocycles. The summed E-state index contributed by atoms with van der Waals surface area (Å²) in [5, 5.41) is 17.0. The minimum absolute atomic E-state index is 0.149. The van der Waals surface area contributed by atoms with Gasteiger partial charge in [0.25, 0.3) is 5.56 Å². The van der Waals surface area contributed by atoms with E-state index in [2.05, 4.69) is 10.1 Å². The van der Waals surface area contributed by atoms with Gasteiger partial charge in [-0.3, -0.25) is 14.6 Å². The van der Waals surface area contributed by atoms with Crippen LogP contribution in [0.4, 0.5) is 0 Å². The van der Waals surface area contributed by atoms with Crippen molar-refractivity contribution >= 4 is 34.6 Å². The van der Waals surface area contributed by atoms with Crippen molar-refractivity contribution in [2.75, 3.05) is 0 Å². The van der Waals surface area contributed by atoms with E-state index in [-0.39, 0.29) is 41.8 Å². The van der Waals surface area contributed by atoms with Gasteiger partial charge in [-0.25, -0.2) is 14.4 Å². The molecular formula is C21H19ClN4O4S. The number of aromatic hydroxyl groups is 1. The van der Waals surface area contributed by atoms with Crippen LogP contribution in [-0.2, 0) is 4.79 Å². The predicted molar refractivity (Wildman–Crippen MR) is 119 cm³/mol. The first-order valence-corrected chi connectivity index (χ1v) is 10.8. The lowest BCUT2D eigenvalue weighted by Gasteiger charge is -2.19. The van der Waals surface area contributed by atoms with E-state index in [0.717, 1.165) is 14.3 Å². The molecule has 1 aliphatic rings. The van der Waals surface area contributed by atoms with E-state index < -0.39 is 17.1 Å². The maximum absolute atomic E-state index is 12.7. The van der Waals surface area contributed by atoms with E-state index in [0.29, 0.717) is 5.02 Å². The van der Waals surface area contributed by atoms with Gasteiger partial charge in [-0.15, -0.1) is 11.3 Å². The second-order valence-electron chi connectivity index (χ2n) is 7.08. The largest absolute Gasteiger partial charge is 0.493 e. The fourth-order valence-corrected chi connectivity index (χ4v) is 4.70. The lowest BCUT2D eigenvalue weighted by molar-refractivity contribution is -0.132. The lowest BCUT2D eigenvalue weighted by atomic mass is 10.0. The number of H-pyrrole nitrogens is 1. The summed E-state index contributed by atoms with van der Waals surface area (Å²) in [6.45, 7) is 3.70. The normalized spacial score (nSPS) is 15.9. The smallest absolute Gasteiger partial charge is 0.335 e. The van der Waals surface area contributed by atoms with Gasteiger partial charge in [-0.05, 0) is 37.3 Å². The van der Waals surface area contributed by atoms with Crippen LogP contribution in [0.5, 0.6) is 5.88 Å². The van der Waals surface area contributed by atoms with Crippen LogP contribution in [0, 0.1) is 6.92 Å². The van der Waals surface area contributed by atoms with Gasteiger partial charge in [0.15, 0.2) is 0 Å². The Labute approximate surface area is 186 Å². The highest BCUT2D eigenvalue weighted by atomic mass is 35.5. The van der Waals surface area contributed by atoms with Crippen LogP contribution in [0.2, 0.25) is 5.02 Å². The number of carbonyl (C=O) groups is 1. The summed E-state index contributed by atoms with van der Waals surface area (Å²) >= 11 is 7.56. The highest BCUT2D eigenvalue weighted by molar-refractivity contribution is 7.12. The average molecular weight is 459 g/mol. The SMILES string of the molecule is CCC(=O)N1N=C(c2c(O)n(-c3cccc(Cl)c3)c(=O)[nH]c2=O)CC1c1ccc(C)s1. The number of amides is 1. The van der Waals surface area contributed by atoms with Crippen molar-refractivity contribution in [1.29, 1.82) is 0 Å². The van der Waals surface area contributed by atoms with Crippen LogP contribution in [0.3, 0.4) is 0 Å². The number of aromatic amines is 1. The van der Waals surface area contributed by atoms with Gasteiger partial charge in [-0.1, -0.05) is 24.6 Å². The van der Waals surface area contributed by atoms with Crippen LogP contribution in [0.1, 0.15) is 41.1 Å². The Bertz CT molecular complexity index is 1320. The number of nitrogens with one attached hydrogen (secondary N) is 1. The van der Waals surface area contributed by atoms with Crippen molar-refractivity contribution in [2.24, 2.45) is 5.10 Å². The molecule has 2 aromatic heterocycles. The molecule has 160 valence electrons. The Hall–Kier alpha value is -3.17. The molecular weight excluding hydrogens is 440 g/mol. The Morgan fingerprint density at radius 2 is 2.10 bits per heavy atom. The molecule has 0 saturated carbocycles. The van der Waals surface area contributed by atoms with Crippen molar-refractivity contribution in [2.45, 2.75) is 32.7 Å². The van der Waals surface area contributed by atoms with Crippen LogP contribution < -0.4 is 11.2 Å². The molecule has 2 N–H and O–H groups in total. The quantitative estimate of drug-likeness (QED) is 0.625. The summed E-state index contributed by atoms with van der Waals surface area (Å²) in [6.07, 6.45) is 0.470. The summed E-state index contributed by atoms with van der Waals surface area (Å²) in [5.41, 5.74) is -1.21. The minimum Gasteiger partial charge on any atom is -0.493 e. The van der Waals surface area contributed by atoms with Gasteiger partial charge in [0.05, 0.1) is 17.4 Å². The van der Waals surface area contributed by atoms with E-state index in [9.17, 15) is 19.5 Å². The summed E-state index contributed by atoms with van der Waals surface area (Å²) < 4.78 is 0.958. The van der Waals surface area contributed by atoms with E-state index >= 15 is 0 Å². The van der Waals surface area contributed by atoms with Crippen LogP contribution in [0.15, 0.2) is 51.1 Å². The maximum atomic E-state index is 12.7. The van der Waals surface area contributed by atoms with Crippen molar-refractivity contribution < 1.29 is 9.90 Å². The third kappa shape index (κ3) is 3.82. The summed E-state index contributed by atoms with van der Waals surface area (Å²) in [6, 6.07) is 9.82.